The number of ether oxygens (including phenoxy) is 1. The second-order valence-corrected chi connectivity index (χ2v) is 8.03. The highest BCUT2D eigenvalue weighted by Gasteiger charge is 2.06. The fourth-order valence-corrected chi connectivity index (χ4v) is 2.65. The zero-order chi connectivity index (χ0) is 19.5. The van der Waals surface area contributed by atoms with Gasteiger partial charge < -0.3 is 9.22 Å². The maximum absolute atomic E-state index is 5.77. The molecule has 0 saturated carbocycles. The maximum Gasteiger partial charge on any atom is 0.137 e. The third-order valence-electron chi connectivity index (χ3n) is 4.40. The van der Waals surface area contributed by atoms with E-state index in [1.165, 1.54) is 31.2 Å². The van der Waals surface area contributed by atoms with E-state index >= 15 is 0 Å². The van der Waals surface area contributed by atoms with Gasteiger partial charge in [0, 0.05) is 0 Å². The molecule has 0 aliphatic heterocycles. The van der Waals surface area contributed by atoms with Crippen molar-refractivity contribution in [3.05, 3.63) is 54.1 Å². The first kappa shape index (κ1) is 21.1. The second kappa shape index (κ2) is 10.8. The van der Waals surface area contributed by atoms with Crippen LogP contribution in [0, 0.1) is 0 Å². The molecule has 0 amide bonds. The van der Waals surface area contributed by atoms with Crippen molar-refractivity contribution in [2.24, 2.45) is 10.2 Å². The lowest BCUT2D eigenvalue weighted by atomic mass is 10.1. The molecule has 0 heterocycles. The highest BCUT2D eigenvalue weighted by atomic mass is 16.5. The van der Waals surface area contributed by atoms with E-state index in [1.807, 2.05) is 36.4 Å². The Morgan fingerprint density at radius 3 is 1.93 bits per heavy atom. The summed E-state index contributed by atoms with van der Waals surface area (Å²) < 4.78 is 6.67. The number of nitrogens with zero attached hydrogens (tertiary/aromatic N) is 3. The summed E-state index contributed by atoms with van der Waals surface area (Å²) in [7, 11) is 6.48. The molecule has 0 radical (unpaired) electrons. The molecular weight excluding hydrogens is 334 g/mol. The maximum atomic E-state index is 5.77. The van der Waals surface area contributed by atoms with Crippen molar-refractivity contribution in [2.45, 2.75) is 39.0 Å². The summed E-state index contributed by atoms with van der Waals surface area (Å²) in [4.78, 5) is 0. The van der Waals surface area contributed by atoms with Crippen LogP contribution >= 0.6 is 0 Å². The van der Waals surface area contributed by atoms with Crippen LogP contribution in [0.2, 0.25) is 0 Å². The Kier molecular flexibility index (Phi) is 8.46. The molecule has 0 N–H and O–H groups in total. The number of rotatable bonds is 11. The van der Waals surface area contributed by atoms with Crippen molar-refractivity contribution < 1.29 is 9.22 Å². The van der Waals surface area contributed by atoms with Gasteiger partial charge in [-0.1, -0.05) is 38.3 Å². The van der Waals surface area contributed by atoms with E-state index < -0.39 is 0 Å². The number of likely N-dealkylation sites (N-methyl/N-ethyl adjacent to an activating group) is 1. The van der Waals surface area contributed by atoms with Crippen molar-refractivity contribution in [3.63, 3.8) is 0 Å². The lowest BCUT2D eigenvalue weighted by Crippen LogP contribution is -2.38. The molecule has 0 saturated heterocycles. The summed E-state index contributed by atoms with van der Waals surface area (Å²) in [6.45, 7) is 3.91. The number of quaternary nitrogens is 1. The number of hydrogen-bond acceptors (Lipinski definition) is 3. The summed E-state index contributed by atoms with van der Waals surface area (Å²) in [5.74, 6) is 0.870. The highest BCUT2D eigenvalue weighted by Crippen LogP contribution is 2.22. The Hall–Kier alpha value is -2.20. The molecule has 0 aromatic heterocycles. The Morgan fingerprint density at radius 2 is 1.37 bits per heavy atom. The Labute approximate surface area is 164 Å². The van der Waals surface area contributed by atoms with Crippen LogP contribution in [-0.2, 0) is 6.42 Å². The average Bonchev–Trinajstić information content (AvgIpc) is 2.65. The predicted octanol–water partition coefficient (Wildman–Crippen LogP) is 6.31. The first-order chi connectivity index (χ1) is 13.0. The summed E-state index contributed by atoms with van der Waals surface area (Å²) in [6, 6.07) is 16.2. The van der Waals surface area contributed by atoms with Gasteiger partial charge in [0.1, 0.15) is 18.9 Å². The average molecular weight is 369 g/mol. The zero-order valence-corrected chi connectivity index (χ0v) is 17.3. The largest absolute Gasteiger partial charge is 0.488 e. The monoisotopic (exact) mass is 368 g/mol. The summed E-state index contributed by atoms with van der Waals surface area (Å²) in [5.41, 5.74) is 3.09. The van der Waals surface area contributed by atoms with E-state index in [0.29, 0.717) is 6.61 Å². The van der Waals surface area contributed by atoms with E-state index in [-0.39, 0.29) is 0 Å². The van der Waals surface area contributed by atoms with E-state index in [0.717, 1.165) is 34.6 Å². The molecule has 27 heavy (non-hydrogen) atoms. The standard InChI is InChI=1S/C23H34N3O/c1-5-6-7-8-9-20-10-12-21(13-11-20)24-25-22-14-16-23(17-15-22)27-19-18-26(2,3)4/h10-17H,5-9,18-19H2,1-4H3/q+1. The SMILES string of the molecule is CCCCCCc1ccc(N=Nc2ccc(OCC[N+](C)(C)C)cc2)cc1. The van der Waals surface area contributed by atoms with Crippen molar-refractivity contribution in [1.29, 1.82) is 0 Å². The molecular formula is C23H34N3O+. The molecule has 0 aliphatic rings. The zero-order valence-electron chi connectivity index (χ0n) is 17.3. The predicted molar refractivity (Wildman–Crippen MR) is 113 cm³/mol. The van der Waals surface area contributed by atoms with Crippen LogP contribution in [0.1, 0.15) is 38.2 Å². The number of benzene rings is 2. The Balaban J connectivity index is 1.81. The topological polar surface area (TPSA) is 34.0 Å². The van der Waals surface area contributed by atoms with Crippen LogP contribution in [-0.4, -0.2) is 38.8 Å². The lowest BCUT2D eigenvalue weighted by Gasteiger charge is -2.23. The van der Waals surface area contributed by atoms with Gasteiger partial charge in [0.25, 0.3) is 0 Å². The van der Waals surface area contributed by atoms with Gasteiger partial charge >= 0.3 is 0 Å². The number of azo groups is 1. The molecule has 0 bridgehead atoms. The number of unbranched alkanes of at least 4 members (excludes halogenated alkanes) is 3. The molecule has 0 unspecified atom stereocenters. The van der Waals surface area contributed by atoms with Crippen LogP contribution in [0.25, 0.3) is 0 Å². The van der Waals surface area contributed by atoms with E-state index in [2.05, 4.69) is 50.4 Å². The fourth-order valence-electron chi connectivity index (χ4n) is 2.65. The van der Waals surface area contributed by atoms with Gasteiger partial charge in [-0.15, -0.1) is 0 Å². The van der Waals surface area contributed by atoms with E-state index in [9.17, 15) is 0 Å². The normalized spacial score (nSPS) is 11.9. The molecule has 0 spiro atoms. The van der Waals surface area contributed by atoms with Gasteiger partial charge in [-0.3, -0.25) is 0 Å². The molecule has 4 heteroatoms. The molecule has 0 atom stereocenters. The quantitative estimate of drug-likeness (QED) is 0.260. The van der Waals surface area contributed by atoms with Gasteiger partial charge in [-0.25, -0.2) is 0 Å². The fraction of sp³-hybridized carbons (Fsp3) is 0.478. The van der Waals surface area contributed by atoms with Crippen molar-refractivity contribution in [2.75, 3.05) is 34.3 Å². The molecule has 4 nitrogen and oxygen atoms in total. The molecule has 0 aliphatic carbocycles. The minimum Gasteiger partial charge on any atom is -0.488 e. The summed E-state index contributed by atoms with van der Waals surface area (Å²) in [5, 5.41) is 8.65. The first-order valence-electron chi connectivity index (χ1n) is 10.0. The molecule has 2 rings (SSSR count). The summed E-state index contributed by atoms with van der Waals surface area (Å²) in [6.07, 6.45) is 6.33. The van der Waals surface area contributed by atoms with Crippen molar-refractivity contribution in [1.82, 2.24) is 0 Å². The molecule has 2 aromatic rings. The third-order valence-corrected chi connectivity index (χ3v) is 4.40. The Morgan fingerprint density at radius 1 is 0.778 bits per heavy atom. The smallest absolute Gasteiger partial charge is 0.137 e. The summed E-state index contributed by atoms with van der Waals surface area (Å²) >= 11 is 0. The van der Waals surface area contributed by atoms with Gasteiger partial charge in [0.05, 0.1) is 32.5 Å². The van der Waals surface area contributed by atoms with Gasteiger partial charge in [0.2, 0.25) is 0 Å². The van der Waals surface area contributed by atoms with E-state index in [1.54, 1.807) is 0 Å². The van der Waals surface area contributed by atoms with E-state index in [4.69, 9.17) is 4.74 Å². The van der Waals surface area contributed by atoms with Crippen LogP contribution < -0.4 is 4.74 Å². The minimum absolute atomic E-state index is 0.704. The molecule has 146 valence electrons. The van der Waals surface area contributed by atoms with Crippen molar-refractivity contribution >= 4 is 11.4 Å². The second-order valence-electron chi connectivity index (χ2n) is 8.03. The van der Waals surface area contributed by atoms with Crippen LogP contribution in [0.4, 0.5) is 11.4 Å². The van der Waals surface area contributed by atoms with Crippen LogP contribution in [0.3, 0.4) is 0 Å². The van der Waals surface area contributed by atoms with Gasteiger partial charge in [-0.2, -0.15) is 10.2 Å². The Bertz CT molecular complexity index is 685. The lowest BCUT2D eigenvalue weighted by molar-refractivity contribution is -0.870. The van der Waals surface area contributed by atoms with Crippen LogP contribution in [0.15, 0.2) is 58.8 Å². The number of hydrogen-bond donors (Lipinski definition) is 0. The van der Waals surface area contributed by atoms with Gasteiger partial charge in [-0.05, 0) is 54.8 Å². The third kappa shape index (κ3) is 8.83. The minimum atomic E-state index is 0.704. The van der Waals surface area contributed by atoms with Crippen LogP contribution in [0.5, 0.6) is 5.75 Å². The molecule has 2 aromatic carbocycles. The molecule has 0 fully saturated rings. The number of aryl methyl sites for hydroxylation is 1. The highest BCUT2D eigenvalue weighted by molar-refractivity contribution is 5.43. The van der Waals surface area contributed by atoms with Gasteiger partial charge in [0.15, 0.2) is 0 Å². The first-order valence-corrected chi connectivity index (χ1v) is 10.0. The van der Waals surface area contributed by atoms with Crippen molar-refractivity contribution in [3.8, 4) is 5.75 Å².